The van der Waals surface area contributed by atoms with Gasteiger partial charge in [-0.25, -0.2) is 9.78 Å². The molecule has 3 aromatic carbocycles. The fraction of sp³-hybridized carbons (Fsp3) is 0.242. The Labute approximate surface area is 259 Å². The largest absolute Gasteiger partial charge is 0.454 e. The summed E-state index contributed by atoms with van der Waals surface area (Å²) in [5.74, 6) is 1.03. The number of ether oxygens (including phenoxy) is 2. The minimum absolute atomic E-state index is 0.00837. The van der Waals surface area contributed by atoms with E-state index in [-0.39, 0.29) is 12.4 Å². The van der Waals surface area contributed by atoms with E-state index < -0.39 is 11.6 Å². The lowest BCUT2D eigenvalue weighted by molar-refractivity contribution is 0.0505. The van der Waals surface area contributed by atoms with Crippen LogP contribution >= 0.6 is 21.5 Å². The van der Waals surface area contributed by atoms with Gasteiger partial charge in [-0.2, -0.15) is 4.99 Å². The first-order valence-electron chi connectivity index (χ1n) is 13.9. The van der Waals surface area contributed by atoms with Crippen LogP contribution in [-0.2, 0) is 16.0 Å². The summed E-state index contributed by atoms with van der Waals surface area (Å²) in [4.78, 5) is 33.4. The van der Waals surface area contributed by atoms with Crippen molar-refractivity contribution in [3.05, 3.63) is 101 Å². The molecule has 0 aliphatic rings. The van der Waals surface area contributed by atoms with Gasteiger partial charge >= 0.3 is 5.97 Å². The van der Waals surface area contributed by atoms with Crippen LogP contribution in [0, 0.1) is 6.92 Å². The van der Waals surface area contributed by atoms with Gasteiger partial charge in [0.25, 0.3) is 5.65 Å². The summed E-state index contributed by atoms with van der Waals surface area (Å²) in [5.41, 5.74) is 12.0. The van der Waals surface area contributed by atoms with Gasteiger partial charge in [-0.05, 0) is 76.1 Å². The fourth-order valence-corrected chi connectivity index (χ4v) is 5.15. The van der Waals surface area contributed by atoms with E-state index in [0.717, 1.165) is 40.9 Å². The number of carbonyl (C=O) groups is 2. The Balaban J connectivity index is 1.62. The van der Waals surface area contributed by atoms with Gasteiger partial charge in [-0.3, -0.25) is 4.79 Å². The minimum atomic E-state index is -0.464. The number of fused-ring (bicyclic) bond motifs is 1. The summed E-state index contributed by atoms with van der Waals surface area (Å²) in [6, 6.07) is 21.0. The number of rotatable bonds is 10. The van der Waals surface area contributed by atoms with Gasteiger partial charge in [0.2, 0.25) is 0 Å². The number of para-hydroxylation sites is 1. The molecule has 1 atom stereocenters. The number of esters is 1. The van der Waals surface area contributed by atoms with Crippen molar-refractivity contribution in [3.63, 3.8) is 0 Å². The van der Waals surface area contributed by atoms with E-state index in [0.29, 0.717) is 39.5 Å². The van der Waals surface area contributed by atoms with Crippen LogP contribution in [0.1, 0.15) is 60.9 Å². The molecule has 4 aromatic rings. The molecular weight excluding hydrogens is 579 g/mol. The molecule has 0 saturated heterocycles. The number of aliphatic imine (C=N–C) groups is 1. The number of allylic oxidation sites excluding steroid dienone is 1. The number of thiocarbonyl (C=S) groups is 1. The van der Waals surface area contributed by atoms with E-state index in [4.69, 9.17) is 32.4 Å². The first-order valence-corrected chi connectivity index (χ1v) is 14.9. The van der Waals surface area contributed by atoms with Crippen LogP contribution in [0.4, 0.5) is 4.79 Å². The lowest BCUT2D eigenvalue weighted by atomic mass is 9.98. The highest BCUT2D eigenvalue weighted by molar-refractivity contribution is 7.80. The Morgan fingerprint density at radius 3 is 2.40 bits per heavy atom. The second-order valence-corrected chi connectivity index (χ2v) is 11.2. The third-order valence-corrected chi connectivity index (χ3v) is 7.13. The molecule has 10 heteroatoms. The maximum atomic E-state index is 13.4. The number of amides is 1. The molecule has 0 radical (unpaired) electrons. The van der Waals surface area contributed by atoms with E-state index in [1.165, 1.54) is 0 Å². The molecule has 43 heavy (non-hydrogen) atoms. The van der Waals surface area contributed by atoms with Crippen molar-refractivity contribution in [2.24, 2.45) is 10.7 Å². The summed E-state index contributed by atoms with van der Waals surface area (Å²) in [6.07, 6.45) is 1.76. The zero-order valence-corrected chi connectivity index (χ0v) is 26.7. The molecule has 8 nitrogen and oxygen atoms in total. The molecule has 2 N–H and O–H groups in total. The maximum Gasteiger partial charge on any atom is 0.340 e. The van der Waals surface area contributed by atoms with Crippen molar-refractivity contribution < 1.29 is 19.1 Å². The van der Waals surface area contributed by atoms with Crippen molar-refractivity contribution in [2.45, 2.75) is 47.1 Å². The van der Waals surface area contributed by atoms with Crippen LogP contribution in [0.25, 0.3) is 22.2 Å². The molecule has 1 unspecified atom stereocenters. The SMILES string of the molecule is CCC/C(C)=C(/COC(=O)c1cccc2nc(C)n(Cc3ccc(-c4ccccc4/C(N)=N/C(=O)P)cc3)c12)OC(C)=S. The normalized spacial score (nSPS) is 12.2. The lowest BCUT2D eigenvalue weighted by Gasteiger charge is -2.14. The van der Waals surface area contributed by atoms with Gasteiger partial charge < -0.3 is 19.8 Å². The monoisotopic (exact) mass is 614 g/mol. The zero-order chi connectivity index (χ0) is 31.1. The van der Waals surface area contributed by atoms with E-state index >= 15 is 0 Å². The van der Waals surface area contributed by atoms with Crippen LogP contribution in [0.15, 0.2) is 83.1 Å². The molecule has 1 aromatic heterocycles. The number of hydrogen-bond donors (Lipinski definition) is 1. The lowest BCUT2D eigenvalue weighted by Crippen LogP contribution is -2.15. The van der Waals surface area contributed by atoms with Crippen LogP contribution in [-0.4, -0.2) is 38.7 Å². The number of carbonyl (C=O) groups excluding carboxylic acids is 2. The van der Waals surface area contributed by atoms with E-state index in [1.807, 2.05) is 82.3 Å². The van der Waals surface area contributed by atoms with Gasteiger partial charge in [0.05, 0.1) is 16.6 Å². The van der Waals surface area contributed by atoms with E-state index in [1.54, 1.807) is 19.1 Å². The quantitative estimate of drug-likeness (QED) is 0.0497. The van der Waals surface area contributed by atoms with E-state index in [9.17, 15) is 9.59 Å². The number of aryl methyl sites for hydroxylation is 1. The number of nitrogens with two attached hydrogens (primary N) is 1. The van der Waals surface area contributed by atoms with Crippen molar-refractivity contribution >= 4 is 55.0 Å². The van der Waals surface area contributed by atoms with Gasteiger partial charge in [-0.1, -0.05) is 67.9 Å². The molecule has 0 bridgehead atoms. The first kappa shape index (κ1) is 31.7. The van der Waals surface area contributed by atoms with Gasteiger partial charge in [0, 0.05) is 19.0 Å². The Hall–Kier alpha value is -4.20. The Morgan fingerprint density at radius 2 is 1.72 bits per heavy atom. The molecule has 0 fully saturated rings. The number of benzene rings is 3. The highest BCUT2D eigenvalue weighted by atomic mass is 32.1. The Morgan fingerprint density at radius 1 is 1.02 bits per heavy atom. The highest BCUT2D eigenvalue weighted by Gasteiger charge is 2.19. The number of aromatic nitrogens is 2. The zero-order valence-electron chi connectivity index (χ0n) is 24.7. The fourth-order valence-electron chi connectivity index (χ4n) is 4.91. The summed E-state index contributed by atoms with van der Waals surface area (Å²) in [7, 11) is 2.01. The molecule has 0 aliphatic carbocycles. The number of imidazole rings is 1. The predicted octanol–water partition coefficient (Wildman–Crippen LogP) is 7.36. The van der Waals surface area contributed by atoms with Crippen LogP contribution in [0.3, 0.4) is 0 Å². The highest BCUT2D eigenvalue weighted by Crippen LogP contribution is 2.27. The standard InChI is InChI=1S/C33H35N4O4PS/c1-5-9-20(2)29(41-22(4)43)19-40-32(38)27-12-8-13-28-30(27)37(21(3)35-28)18-23-14-16-24(17-15-23)25-10-6-7-11-26(25)31(34)36-33(39)42/h6-8,10-17H,5,9,18-19,42H2,1-4H3,(H2,34,36,39)/b29-20-. The number of nitrogens with zero attached hydrogens (tertiary/aromatic N) is 3. The second kappa shape index (κ2) is 14.3. The third-order valence-electron chi connectivity index (χ3n) is 6.92. The molecule has 0 spiro atoms. The third kappa shape index (κ3) is 7.80. The summed E-state index contributed by atoms with van der Waals surface area (Å²) < 4.78 is 13.5. The molecule has 222 valence electrons. The molecule has 0 saturated carbocycles. The smallest absolute Gasteiger partial charge is 0.340 e. The number of amidine groups is 1. The van der Waals surface area contributed by atoms with Gasteiger partial charge in [0.15, 0.2) is 5.05 Å². The minimum Gasteiger partial charge on any atom is -0.454 e. The molecule has 4 rings (SSSR count). The summed E-state index contributed by atoms with van der Waals surface area (Å²) in [6.45, 7) is 8.14. The van der Waals surface area contributed by atoms with Crippen molar-refractivity contribution in [1.29, 1.82) is 0 Å². The van der Waals surface area contributed by atoms with Crippen molar-refractivity contribution in [2.75, 3.05) is 6.61 Å². The Kier molecular flexibility index (Phi) is 10.6. The maximum absolute atomic E-state index is 13.4. The Bertz CT molecular complexity index is 1740. The second-order valence-electron chi connectivity index (χ2n) is 10.1. The summed E-state index contributed by atoms with van der Waals surface area (Å²) >= 11 is 5.13. The molecule has 1 heterocycles. The van der Waals surface area contributed by atoms with Crippen LogP contribution < -0.4 is 5.73 Å². The average molecular weight is 615 g/mol. The average Bonchev–Trinajstić information content (AvgIpc) is 3.29. The van der Waals surface area contributed by atoms with Gasteiger partial charge in [-0.15, -0.1) is 0 Å². The van der Waals surface area contributed by atoms with E-state index in [2.05, 4.69) is 11.9 Å². The number of hydrogen-bond acceptors (Lipinski definition) is 6. The molecule has 0 aliphatic heterocycles. The molecule has 1 amide bonds. The topological polar surface area (TPSA) is 109 Å². The van der Waals surface area contributed by atoms with Crippen molar-refractivity contribution in [1.82, 2.24) is 9.55 Å². The molecular formula is C33H35N4O4PS. The predicted molar refractivity (Wildman–Crippen MR) is 179 cm³/mol. The van der Waals surface area contributed by atoms with Gasteiger partial charge in [0.1, 0.15) is 24.0 Å². The van der Waals surface area contributed by atoms with Crippen molar-refractivity contribution in [3.8, 4) is 11.1 Å². The van der Waals surface area contributed by atoms with Crippen LogP contribution in [0.5, 0.6) is 0 Å². The van der Waals surface area contributed by atoms with Crippen LogP contribution in [0.2, 0.25) is 0 Å². The summed E-state index contributed by atoms with van der Waals surface area (Å²) in [5, 5.41) is 0.374. The first-order chi connectivity index (χ1) is 20.6.